The van der Waals surface area contributed by atoms with E-state index in [9.17, 15) is 4.79 Å². The van der Waals surface area contributed by atoms with E-state index in [2.05, 4.69) is 50.8 Å². The van der Waals surface area contributed by atoms with Crippen molar-refractivity contribution >= 4 is 52.0 Å². The molecule has 0 bridgehead atoms. The Morgan fingerprint density at radius 1 is 1.28 bits per heavy atom. The number of aromatic nitrogens is 5. The minimum Gasteiger partial charge on any atom is -0.360 e. The summed E-state index contributed by atoms with van der Waals surface area (Å²) >= 11 is 5.08. The summed E-state index contributed by atoms with van der Waals surface area (Å²) in [5, 5.41) is 11.8. The first kappa shape index (κ1) is 23.0. The van der Waals surface area contributed by atoms with E-state index >= 15 is 0 Å². The van der Waals surface area contributed by atoms with E-state index in [0.717, 1.165) is 32.7 Å². The number of carbonyl (C=O) groups is 1. The SMILES string of the molecule is C[Si](C)(C)CCOCn1nc(C(=O)Cc2cnn(Cc3cscn3)c2)c2ccc(Br)cc21. The van der Waals surface area contributed by atoms with Crippen LogP contribution in [0.1, 0.15) is 21.7 Å². The summed E-state index contributed by atoms with van der Waals surface area (Å²) in [5.41, 5.74) is 4.97. The van der Waals surface area contributed by atoms with Crippen LogP contribution in [0.3, 0.4) is 0 Å². The molecule has 0 radical (unpaired) electrons. The summed E-state index contributed by atoms with van der Waals surface area (Å²) in [4.78, 5) is 17.4. The summed E-state index contributed by atoms with van der Waals surface area (Å²) in [6.07, 6.45) is 3.88. The van der Waals surface area contributed by atoms with Crippen molar-refractivity contribution in [1.82, 2.24) is 24.5 Å². The molecule has 0 unspecified atom stereocenters. The second-order valence-corrected chi connectivity index (χ2v) is 16.2. The van der Waals surface area contributed by atoms with Crippen molar-refractivity contribution in [2.24, 2.45) is 0 Å². The Kier molecular flexibility index (Phi) is 7.04. The summed E-state index contributed by atoms with van der Waals surface area (Å²) in [6.45, 7) is 8.60. The first-order valence-corrected chi connectivity index (χ1v) is 15.9. The van der Waals surface area contributed by atoms with E-state index in [4.69, 9.17) is 4.74 Å². The molecule has 7 nitrogen and oxygen atoms in total. The van der Waals surface area contributed by atoms with Crippen LogP contribution in [-0.2, 0) is 24.4 Å². The molecule has 0 amide bonds. The zero-order valence-corrected chi connectivity index (χ0v) is 21.8. The number of ketones is 1. The Morgan fingerprint density at radius 3 is 2.88 bits per heavy atom. The van der Waals surface area contributed by atoms with Gasteiger partial charge in [-0.25, -0.2) is 9.67 Å². The van der Waals surface area contributed by atoms with Crippen molar-refractivity contribution in [3.05, 3.63) is 62.9 Å². The zero-order valence-electron chi connectivity index (χ0n) is 18.4. The highest BCUT2D eigenvalue weighted by molar-refractivity contribution is 9.10. The molecule has 0 aliphatic carbocycles. The lowest BCUT2D eigenvalue weighted by Gasteiger charge is -2.15. The molecular formula is C22H26BrN5O2SSi. The molecule has 0 saturated carbocycles. The first-order valence-electron chi connectivity index (χ1n) is 10.4. The third kappa shape index (κ3) is 5.80. The van der Waals surface area contributed by atoms with Gasteiger partial charge < -0.3 is 4.74 Å². The molecule has 0 saturated heterocycles. The Hall–Kier alpha value is -2.14. The number of thiazole rings is 1. The number of nitrogens with zero attached hydrogens (tertiary/aromatic N) is 5. The van der Waals surface area contributed by atoms with Gasteiger partial charge in [-0.1, -0.05) is 35.6 Å². The largest absolute Gasteiger partial charge is 0.360 e. The van der Waals surface area contributed by atoms with E-state index in [0.29, 0.717) is 25.6 Å². The summed E-state index contributed by atoms with van der Waals surface area (Å²) in [6, 6.07) is 6.94. The molecule has 4 rings (SSSR count). The number of benzene rings is 1. The Balaban J connectivity index is 1.49. The van der Waals surface area contributed by atoms with Crippen molar-refractivity contribution in [3.8, 4) is 0 Å². The fourth-order valence-electron chi connectivity index (χ4n) is 3.32. The molecule has 0 aliphatic rings. The molecule has 0 spiro atoms. The van der Waals surface area contributed by atoms with Gasteiger partial charge in [0.25, 0.3) is 0 Å². The molecule has 0 atom stereocenters. The minimum atomic E-state index is -1.16. The van der Waals surface area contributed by atoms with Crippen molar-refractivity contribution in [1.29, 1.82) is 0 Å². The average Bonchev–Trinajstić information content (AvgIpc) is 3.46. The fraction of sp³-hybridized carbons (Fsp3) is 0.364. The third-order valence-electron chi connectivity index (χ3n) is 5.05. The van der Waals surface area contributed by atoms with Crippen molar-refractivity contribution in [3.63, 3.8) is 0 Å². The standard InChI is InChI=1S/C22H26BrN5O2SSi/c1-32(2,3)7-6-30-15-28-20-9-17(23)4-5-19(20)22(26-28)21(29)8-16-10-25-27(11-16)12-18-13-31-14-24-18/h4-5,9-11,13-14H,6-8,12,15H2,1-3H3. The molecule has 3 aromatic heterocycles. The maximum Gasteiger partial charge on any atom is 0.188 e. The maximum atomic E-state index is 13.1. The van der Waals surface area contributed by atoms with Gasteiger partial charge in [-0.05, 0) is 29.8 Å². The topological polar surface area (TPSA) is 74.8 Å². The third-order valence-corrected chi connectivity index (χ3v) is 7.88. The van der Waals surface area contributed by atoms with Crippen LogP contribution in [0.4, 0.5) is 0 Å². The zero-order chi connectivity index (χ0) is 22.7. The van der Waals surface area contributed by atoms with Crippen molar-refractivity contribution in [2.45, 2.75) is 45.4 Å². The lowest BCUT2D eigenvalue weighted by atomic mass is 10.1. The van der Waals surface area contributed by atoms with E-state index in [1.54, 1.807) is 32.4 Å². The summed E-state index contributed by atoms with van der Waals surface area (Å²) < 4.78 is 10.4. The molecule has 0 fully saturated rings. The second kappa shape index (κ2) is 9.78. The van der Waals surface area contributed by atoms with Crippen LogP contribution in [0.2, 0.25) is 25.7 Å². The number of Topliss-reactive ketones (excluding diaryl/α,β-unsaturated/α-hetero) is 1. The van der Waals surface area contributed by atoms with E-state index in [1.807, 2.05) is 29.8 Å². The Labute approximate surface area is 200 Å². The monoisotopic (exact) mass is 531 g/mol. The van der Waals surface area contributed by atoms with Gasteiger partial charge in [0.15, 0.2) is 5.78 Å². The van der Waals surface area contributed by atoms with Crippen molar-refractivity contribution < 1.29 is 9.53 Å². The van der Waals surface area contributed by atoms with Gasteiger partial charge in [0, 0.05) is 42.5 Å². The number of fused-ring (bicyclic) bond motifs is 1. The molecule has 1 aromatic carbocycles. The fourth-order valence-corrected chi connectivity index (χ4v) is 4.97. The second-order valence-electron chi connectivity index (χ2n) is 8.98. The highest BCUT2D eigenvalue weighted by atomic mass is 79.9. The minimum absolute atomic E-state index is 0.0358. The van der Waals surface area contributed by atoms with Crippen molar-refractivity contribution in [2.75, 3.05) is 6.61 Å². The molecule has 32 heavy (non-hydrogen) atoms. The average molecular weight is 533 g/mol. The molecule has 0 aliphatic heterocycles. The molecule has 10 heteroatoms. The highest BCUT2D eigenvalue weighted by Gasteiger charge is 2.19. The molecular weight excluding hydrogens is 506 g/mol. The normalized spacial score (nSPS) is 12.0. The molecule has 4 aromatic rings. The summed E-state index contributed by atoms with van der Waals surface area (Å²) in [5.74, 6) is -0.0358. The number of hydrogen-bond donors (Lipinski definition) is 0. The van der Waals surface area contributed by atoms with E-state index in [-0.39, 0.29) is 12.2 Å². The Morgan fingerprint density at radius 2 is 2.12 bits per heavy atom. The lowest BCUT2D eigenvalue weighted by Crippen LogP contribution is -2.22. The van der Waals surface area contributed by atoms with E-state index in [1.165, 1.54) is 0 Å². The van der Waals surface area contributed by atoms with Gasteiger partial charge in [-0.15, -0.1) is 11.3 Å². The van der Waals surface area contributed by atoms with Gasteiger partial charge >= 0.3 is 0 Å². The van der Waals surface area contributed by atoms with Crippen LogP contribution in [0.5, 0.6) is 0 Å². The van der Waals surface area contributed by atoms with Crippen LogP contribution >= 0.6 is 27.3 Å². The maximum absolute atomic E-state index is 13.1. The number of rotatable bonds is 10. The van der Waals surface area contributed by atoms with Gasteiger partial charge in [0.05, 0.1) is 29.5 Å². The quantitative estimate of drug-likeness (QED) is 0.159. The molecule has 3 heterocycles. The number of ether oxygens (including phenoxy) is 1. The van der Waals surface area contributed by atoms with Crippen LogP contribution in [0, 0.1) is 0 Å². The first-order chi connectivity index (χ1) is 15.3. The molecule has 0 N–H and O–H groups in total. The number of halogens is 1. The lowest BCUT2D eigenvalue weighted by molar-refractivity contribution is 0.0807. The predicted octanol–water partition coefficient (Wildman–Crippen LogP) is 5.24. The van der Waals surface area contributed by atoms with Gasteiger partial charge in [-0.2, -0.15) is 10.2 Å². The highest BCUT2D eigenvalue weighted by Crippen LogP contribution is 2.24. The van der Waals surface area contributed by atoms with Gasteiger partial charge in [0.1, 0.15) is 12.4 Å². The van der Waals surface area contributed by atoms with E-state index < -0.39 is 8.07 Å². The van der Waals surface area contributed by atoms with Gasteiger partial charge in [0.2, 0.25) is 0 Å². The number of carbonyl (C=O) groups excluding carboxylic acids is 1. The van der Waals surface area contributed by atoms with Gasteiger partial charge in [-0.3, -0.25) is 9.48 Å². The summed E-state index contributed by atoms with van der Waals surface area (Å²) in [7, 11) is -1.16. The van der Waals surface area contributed by atoms with Crippen LogP contribution in [0.15, 0.2) is 46.0 Å². The smallest absolute Gasteiger partial charge is 0.188 e. The van der Waals surface area contributed by atoms with Crippen LogP contribution in [-0.4, -0.2) is 45.0 Å². The molecule has 168 valence electrons. The van der Waals surface area contributed by atoms with Crippen LogP contribution < -0.4 is 0 Å². The van der Waals surface area contributed by atoms with Crippen LogP contribution in [0.25, 0.3) is 10.9 Å². The predicted molar refractivity (Wildman–Crippen MR) is 133 cm³/mol. The number of hydrogen-bond acceptors (Lipinski definition) is 6. The Bertz CT molecular complexity index is 1210.